The van der Waals surface area contributed by atoms with Gasteiger partial charge in [-0.1, -0.05) is 25.4 Å². The first-order valence-electron chi connectivity index (χ1n) is 6.76. The average molecular weight is 331 g/mol. The van der Waals surface area contributed by atoms with E-state index < -0.39 is 10.0 Å². The first-order chi connectivity index (χ1) is 9.66. The third kappa shape index (κ3) is 3.56. The summed E-state index contributed by atoms with van der Waals surface area (Å²) in [5.74, 6) is 0.112. The second-order valence-corrected chi connectivity index (χ2v) is 7.86. The largest absolute Gasteiger partial charge is 0.351 e. The standard InChI is InChI=1S/C14H19ClN2O3S/c1-9(2)14(5-6-14)8-17-13(18)11-7-10(21(16,19)20)3-4-12(11)15/h3-4,7,9H,5-6,8H2,1-2H3,(H,17,18)(H2,16,19,20). The molecule has 0 bridgehead atoms. The maximum absolute atomic E-state index is 12.2. The number of halogens is 1. The number of carbonyl (C=O) groups excluding carboxylic acids is 1. The van der Waals surface area contributed by atoms with Crippen LogP contribution in [0.3, 0.4) is 0 Å². The molecular formula is C14H19ClN2O3S. The first kappa shape index (κ1) is 16.3. The fraction of sp³-hybridized carbons (Fsp3) is 0.500. The zero-order chi connectivity index (χ0) is 15.8. The van der Waals surface area contributed by atoms with E-state index in [9.17, 15) is 13.2 Å². The van der Waals surface area contributed by atoms with Crippen molar-refractivity contribution in [3.05, 3.63) is 28.8 Å². The normalized spacial score (nSPS) is 16.8. The SMILES string of the molecule is CC(C)C1(CNC(=O)c2cc(S(N)(=O)=O)ccc2Cl)CC1. The number of hydrogen-bond donors (Lipinski definition) is 2. The van der Waals surface area contributed by atoms with Gasteiger partial charge in [0.05, 0.1) is 15.5 Å². The Morgan fingerprint density at radius 3 is 2.52 bits per heavy atom. The predicted octanol–water partition coefficient (Wildman–Crippen LogP) is 2.15. The monoisotopic (exact) mass is 330 g/mol. The molecule has 21 heavy (non-hydrogen) atoms. The fourth-order valence-corrected chi connectivity index (χ4v) is 3.07. The summed E-state index contributed by atoms with van der Waals surface area (Å²) in [4.78, 5) is 12.1. The van der Waals surface area contributed by atoms with Gasteiger partial charge in [-0.2, -0.15) is 0 Å². The van der Waals surface area contributed by atoms with Gasteiger partial charge in [0.2, 0.25) is 10.0 Å². The van der Waals surface area contributed by atoms with Crippen LogP contribution >= 0.6 is 11.6 Å². The number of sulfonamides is 1. The number of nitrogens with two attached hydrogens (primary N) is 1. The molecule has 0 unspecified atom stereocenters. The molecule has 0 heterocycles. The van der Waals surface area contributed by atoms with Crippen molar-refractivity contribution in [2.24, 2.45) is 16.5 Å². The summed E-state index contributed by atoms with van der Waals surface area (Å²) in [6.45, 7) is 4.83. The zero-order valence-electron chi connectivity index (χ0n) is 12.0. The Kier molecular flexibility index (Phi) is 4.33. The van der Waals surface area contributed by atoms with Gasteiger partial charge in [0, 0.05) is 6.54 Å². The number of benzene rings is 1. The van der Waals surface area contributed by atoms with Gasteiger partial charge in [-0.05, 0) is 42.4 Å². The Bertz CT molecular complexity index is 667. The van der Waals surface area contributed by atoms with Crippen molar-refractivity contribution in [1.29, 1.82) is 0 Å². The topological polar surface area (TPSA) is 89.3 Å². The van der Waals surface area contributed by atoms with Gasteiger partial charge in [-0.25, -0.2) is 13.6 Å². The highest BCUT2D eigenvalue weighted by Crippen LogP contribution is 2.51. The summed E-state index contributed by atoms with van der Waals surface area (Å²) >= 11 is 5.97. The Morgan fingerprint density at radius 2 is 2.05 bits per heavy atom. The lowest BCUT2D eigenvalue weighted by Crippen LogP contribution is -2.32. The third-order valence-electron chi connectivity index (χ3n) is 4.23. The van der Waals surface area contributed by atoms with Crippen LogP contribution in [0.25, 0.3) is 0 Å². The second-order valence-electron chi connectivity index (χ2n) is 5.89. The maximum atomic E-state index is 12.2. The van der Waals surface area contributed by atoms with Gasteiger partial charge in [-0.3, -0.25) is 4.79 Å². The predicted molar refractivity (Wildman–Crippen MR) is 81.7 cm³/mol. The number of rotatable bonds is 5. The van der Waals surface area contributed by atoms with E-state index in [1.54, 1.807) is 0 Å². The Hall–Kier alpha value is -1.11. The second kappa shape index (κ2) is 5.59. The van der Waals surface area contributed by atoms with E-state index >= 15 is 0 Å². The minimum Gasteiger partial charge on any atom is -0.351 e. The molecule has 1 fully saturated rings. The van der Waals surface area contributed by atoms with E-state index in [2.05, 4.69) is 19.2 Å². The molecule has 1 aliphatic carbocycles. The lowest BCUT2D eigenvalue weighted by atomic mass is 9.92. The van der Waals surface area contributed by atoms with Gasteiger partial charge < -0.3 is 5.32 Å². The van der Waals surface area contributed by atoms with Crippen LogP contribution in [-0.4, -0.2) is 20.9 Å². The van der Waals surface area contributed by atoms with Crippen molar-refractivity contribution in [3.8, 4) is 0 Å². The van der Waals surface area contributed by atoms with Crippen LogP contribution in [0.4, 0.5) is 0 Å². The molecule has 0 aromatic heterocycles. The van der Waals surface area contributed by atoms with Crippen molar-refractivity contribution in [2.75, 3.05) is 6.54 Å². The lowest BCUT2D eigenvalue weighted by Gasteiger charge is -2.20. The highest BCUT2D eigenvalue weighted by molar-refractivity contribution is 7.89. The molecule has 116 valence electrons. The van der Waals surface area contributed by atoms with Gasteiger partial charge in [0.25, 0.3) is 5.91 Å². The zero-order valence-corrected chi connectivity index (χ0v) is 13.6. The van der Waals surface area contributed by atoms with Crippen molar-refractivity contribution < 1.29 is 13.2 Å². The number of nitrogens with one attached hydrogen (secondary N) is 1. The summed E-state index contributed by atoms with van der Waals surface area (Å²) in [6.07, 6.45) is 2.19. The average Bonchev–Trinajstić information content (AvgIpc) is 3.16. The molecule has 5 nitrogen and oxygen atoms in total. The van der Waals surface area contributed by atoms with E-state index in [1.165, 1.54) is 18.2 Å². The fourth-order valence-electron chi connectivity index (χ4n) is 2.33. The third-order valence-corrected chi connectivity index (χ3v) is 5.47. The molecule has 0 spiro atoms. The van der Waals surface area contributed by atoms with Crippen molar-refractivity contribution >= 4 is 27.5 Å². The molecule has 2 rings (SSSR count). The summed E-state index contributed by atoms with van der Waals surface area (Å²) in [7, 11) is -3.86. The van der Waals surface area contributed by atoms with Gasteiger partial charge in [0.1, 0.15) is 0 Å². The molecule has 0 radical (unpaired) electrons. The van der Waals surface area contributed by atoms with Crippen LogP contribution in [0.5, 0.6) is 0 Å². The van der Waals surface area contributed by atoms with Crippen LogP contribution in [0.15, 0.2) is 23.1 Å². The van der Waals surface area contributed by atoms with Crippen LogP contribution < -0.4 is 10.5 Å². The molecule has 1 amide bonds. The summed E-state index contributed by atoms with van der Waals surface area (Å²) in [5.41, 5.74) is 0.294. The van der Waals surface area contributed by atoms with Crippen molar-refractivity contribution in [1.82, 2.24) is 5.32 Å². The number of amides is 1. The Morgan fingerprint density at radius 1 is 1.43 bits per heavy atom. The summed E-state index contributed by atoms with van der Waals surface area (Å²) in [5, 5.41) is 8.11. The molecule has 7 heteroatoms. The van der Waals surface area contributed by atoms with Crippen LogP contribution in [0.1, 0.15) is 37.0 Å². The Labute approximate surface area is 129 Å². The van der Waals surface area contributed by atoms with Crippen LogP contribution in [0, 0.1) is 11.3 Å². The van der Waals surface area contributed by atoms with Gasteiger partial charge in [-0.15, -0.1) is 0 Å². The van der Waals surface area contributed by atoms with Gasteiger partial charge >= 0.3 is 0 Å². The molecule has 1 aliphatic rings. The molecule has 0 atom stereocenters. The minimum atomic E-state index is -3.86. The van der Waals surface area contributed by atoms with E-state index in [1.807, 2.05) is 0 Å². The summed E-state index contributed by atoms with van der Waals surface area (Å²) in [6, 6.07) is 3.86. The number of carbonyl (C=O) groups is 1. The summed E-state index contributed by atoms with van der Waals surface area (Å²) < 4.78 is 22.7. The van der Waals surface area contributed by atoms with Crippen LogP contribution in [-0.2, 0) is 10.0 Å². The molecule has 1 saturated carbocycles. The highest BCUT2D eigenvalue weighted by Gasteiger charge is 2.45. The molecular weight excluding hydrogens is 312 g/mol. The van der Waals surface area contributed by atoms with E-state index in [0.717, 1.165) is 12.8 Å². The van der Waals surface area contributed by atoms with Crippen LogP contribution in [0.2, 0.25) is 5.02 Å². The Balaban J connectivity index is 2.16. The molecule has 1 aromatic carbocycles. The van der Waals surface area contributed by atoms with E-state index in [-0.39, 0.29) is 26.8 Å². The number of primary sulfonamides is 1. The van der Waals surface area contributed by atoms with Gasteiger partial charge in [0.15, 0.2) is 0 Å². The van der Waals surface area contributed by atoms with E-state index in [0.29, 0.717) is 12.5 Å². The minimum absolute atomic E-state index is 0.123. The smallest absolute Gasteiger partial charge is 0.252 e. The quantitative estimate of drug-likeness (QED) is 0.866. The number of hydrogen-bond acceptors (Lipinski definition) is 3. The molecule has 0 saturated heterocycles. The molecule has 3 N–H and O–H groups in total. The maximum Gasteiger partial charge on any atom is 0.252 e. The molecule has 0 aliphatic heterocycles. The molecule has 1 aromatic rings. The van der Waals surface area contributed by atoms with Crippen molar-refractivity contribution in [3.63, 3.8) is 0 Å². The lowest BCUT2D eigenvalue weighted by molar-refractivity contribution is 0.0939. The highest BCUT2D eigenvalue weighted by atomic mass is 35.5. The van der Waals surface area contributed by atoms with Crippen molar-refractivity contribution in [2.45, 2.75) is 31.6 Å². The van der Waals surface area contributed by atoms with E-state index in [4.69, 9.17) is 16.7 Å². The first-order valence-corrected chi connectivity index (χ1v) is 8.69.